The van der Waals surface area contributed by atoms with E-state index in [1.165, 1.54) is 12.1 Å². The number of nitrogens with zero attached hydrogens (tertiary/aromatic N) is 2. The third-order valence-electron chi connectivity index (χ3n) is 4.97. The minimum absolute atomic E-state index is 0.0381. The summed E-state index contributed by atoms with van der Waals surface area (Å²) in [6, 6.07) is 5.85. The number of aliphatic carboxylic acids is 1. The van der Waals surface area contributed by atoms with Gasteiger partial charge in [-0.2, -0.15) is 0 Å². The van der Waals surface area contributed by atoms with Gasteiger partial charge in [0.25, 0.3) is 0 Å². The minimum atomic E-state index is -0.909. The second-order valence-corrected chi connectivity index (χ2v) is 6.73. The van der Waals surface area contributed by atoms with E-state index in [4.69, 9.17) is 0 Å². The summed E-state index contributed by atoms with van der Waals surface area (Å²) >= 11 is 0. The third-order valence-corrected chi connectivity index (χ3v) is 4.97. The molecule has 0 unspecified atom stereocenters. The first kappa shape index (κ1) is 16.9. The quantitative estimate of drug-likeness (QED) is 0.916. The van der Waals surface area contributed by atoms with Gasteiger partial charge >= 0.3 is 5.97 Å². The van der Waals surface area contributed by atoms with Crippen LogP contribution in [-0.4, -0.2) is 52.5 Å². The average Bonchev–Trinajstić information content (AvgIpc) is 3.04. The van der Waals surface area contributed by atoms with E-state index >= 15 is 0 Å². The van der Waals surface area contributed by atoms with Crippen LogP contribution in [0.4, 0.5) is 4.39 Å². The molecule has 130 valence electrons. The van der Waals surface area contributed by atoms with Crippen LogP contribution in [0.2, 0.25) is 0 Å². The fourth-order valence-electron chi connectivity index (χ4n) is 3.82. The molecule has 3 rings (SSSR count). The maximum Gasteiger partial charge on any atom is 0.326 e. The predicted molar refractivity (Wildman–Crippen MR) is 86.8 cm³/mol. The molecule has 5 nitrogen and oxygen atoms in total. The lowest BCUT2D eigenvalue weighted by Crippen LogP contribution is -2.48. The molecule has 24 heavy (non-hydrogen) atoms. The fraction of sp³-hybridized carbons (Fsp3) is 0.556. The number of piperidine rings is 1. The van der Waals surface area contributed by atoms with Crippen LogP contribution in [0, 0.1) is 11.7 Å². The number of benzene rings is 1. The number of amides is 1. The number of carbonyl (C=O) groups is 2. The van der Waals surface area contributed by atoms with Crippen molar-refractivity contribution >= 4 is 11.9 Å². The number of hydrogen-bond donors (Lipinski definition) is 1. The van der Waals surface area contributed by atoms with Crippen LogP contribution in [0.3, 0.4) is 0 Å². The highest BCUT2D eigenvalue weighted by molar-refractivity contribution is 5.85. The van der Waals surface area contributed by atoms with Gasteiger partial charge in [0.05, 0.1) is 5.92 Å². The number of carbonyl (C=O) groups excluding carboxylic acids is 1. The molecule has 1 amide bonds. The lowest BCUT2D eigenvalue weighted by atomic mass is 9.95. The van der Waals surface area contributed by atoms with Crippen molar-refractivity contribution in [1.82, 2.24) is 9.80 Å². The van der Waals surface area contributed by atoms with E-state index in [1.807, 2.05) is 6.07 Å². The van der Waals surface area contributed by atoms with Gasteiger partial charge in [-0.05, 0) is 49.9 Å². The number of likely N-dealkylation sites (tertiary alicyclic amines) is 2. The van der Waals surface area contributed by atoms with Gasteiger partial charge in [-0.25, -0.2) is 9.18 Å². The van der Waals surface area contributed by atoms with Gasteiger partial charge < -0.3 is 10.0 Å². The van der Waals surface area contributed by atoms with Crippen molar-refractivity contribution in [2.75, 3.05) is 19.6 Å². The van der Waals surface area contributed by atoms with E-state index in [1.54, 1.807) is 11.0 Å². The Bertz CT molecular complexity index is 622. The molecule has 0 bridgehead atoms. The molecule has 0 aromatic heterocycles. The number of hydrogen-bond acceptors (Lipinski definition) is 3. The van der Waals surface area contributed by atoms with Crippen molar-refractivity contribution in [1.29, 1.82) is 0 Å². The Kier molecular flexibility index (Phi) is 5.14. The van der Waals surface area contributed by atoms with Crippen LogP contribution >= 0.6 is 0 Å². The molecule has 1 aromatic carbocycles. The molecule has 1 N–H and O–H groups in total. The van der Waals surface area contributed by atoms with Gasteiger partial charge in [0.2, 0.25) is 5.91 Å². The summed E-state index contributed by atoms with van der Waals surface area (Å²) in [5, 5.41) is 9.26. The topological polar surface area (TPSA) is 60.9 Å². The third kappa shape index (κ3) is 3.75. The first-order valence-corrected chi connectivity index (χ1v) is 8.54. The standard InChI is InChI=1S/C18H23FN2O3/c19-15-6-1-4-13(10-15)11-20-8-2-5-14(12-20)17(22)21-9-3-7-16(21)18(23)24/h1,4,6,10,14,16H,2-3,5,7-9,11-12H2,(H,23,24)/t14-,16-/m1/s1. The molecule has 2 atom stereocenters. The number of halogens is 1. The van der Waals surface area contributed by atoms with Crippen LogP contribution in [0.5, 0.6) is 0 Å². The summed E-state index contributed by atoms with van der Waals surface area (Å²) in [4.78, 5) is 27.7. The van der Waals surface area contributed by atoms with Gasteiger partial charge in [-0.3, -0.25) is 9.69 Å². The maximum atomic E-state index is 13.3. The Morgan fingerprint density at radius 3 is 2.75 bits per heavy atom. The van der Waals surface area contributed by atoms with Crippen molar-refractivity contribution in [3.05, 3.63) is 35.6 Å². The summed E-state index contributed by atoms with van der Waals surface area (Å²) < 4.78 is 13.3. The summed E-state index contributed by atoms with van der Waals surface area (Å²) in [5.74, 6) is -1.36. The zero-order valence-corrected chi connectivity index (χ0v) is 13.7. The summed E-state index contributed by atoms with van der Waals surface area (Å²) in [7, 11) is 0. The van der Waals surface area contributed by atoms with Crippen LogP contribution in [0.15, 0.2) is 24.3 Å². The molecule has 0 saturated carbocycles. The zero-order valence-electron chi connectivity index (χ0n) is 13.7. The molecule has 2 aliphatic heterocycles. The van der Waals surface area contributed by atoms with Gasteiger partial charge in [0, 0.05) is 19.6 Å². The largest absolute Gasteiger partial charge is 0.480 e. The Labute approximate surface area is 141 Å². The fourth-order valence-corrected chi connectivity index (χ4v) is 3.82. The number of carboxylic acid groups (broad SMARTS) is 1. The van der Waals surface area contributed by atoms with Crippen molar-refractivity contribution in [3.8, 4) is 0 Å². The molecule has 0 radical (unpaired) electrons. The van der Waals surface area contributed by atoms with E-state index in [2.05, 4.69) is 4.90 Å². The maximum absolute atomic E-state index is 13.3. The number of rotatable bonds is 4. The molecule has 2 aliphatic rings. The van der Waals surface area contributed by atoms with Crippen LogP contribution in [0.1, 0.15) is 31.2 Å². The molecular formula is C18H23FN2O3. The Morgan fingerprint density at radius 1 is 1.21 bits per heavy atom. The highest BCUT2D eigenvalue weighted by atomic mass is 19.1. The Balaban J connectivity index is 1.62. The predicted octanol–water partition coefficient (Wildman–Crippen LogP) is 2.11. The van der Waals surface area contributed by atoms with Crippen LogP contribution in [0.25, 0.3) is 0 Å². The molecule has 6 heteroatoms. The van der Waals surface area contributed by atoms with Crippen molar-refractivity contribution in [2.45, 2.75) is 38.3 Å². The summed E-state index contributed by atoms with van der Waals surface area (Å²) in [5.41, 5.74) is 0.896. The monoisotopic (exact) mass is 334 g/mol. The summed E-state index contributed by atoms with van der Waals surface area (Å²) in [6.07, 6.45) is 2.99. The molecule has 2 fully saturated rings. The molecule has 0 spiro atoms. The SMILES string of the molecule is O=C(O)[C@H]1CCCN1C(=O)[C@@H]1CCCN(Cc2cccc(F)c2)C1. The minimum Gasteiger partial charge on any atom is -0.480 e. The lowest BCUT2D eigenvalue weighted by molar-refractivity contribution is -0.150. The smallest absolute Gasteiger partial charge is 0.326 e. The highest BCUT2D eigenvalue weighted by Crippen LogP contribution is 2.25. The second kappa shape index (κ2) is 7.30. The molecular weight excluding hydrogens is 311 g/mol. The van der Waals surface area contributed by atoms with E-state index in [9.17, 15) is 19.1 Å². The van der Waals surface area contributed by atoms with Crippen LogP contribution < -0.4 is 0 Å². The second-order valence-electron chi connectivity index (χ2n) is 6.73. The Hall–Kier alpha value is -1.95. The zero-order chi connectivity index (χ0) is 17.1. The van der Waals surface area contributed by atoms with Gasteiger partial charge in [0.15, 0.2) is 0 Å². The molecule has 0 aliphatic carbocycles. The molecule has 1 aromatic rings. The highest BCUT2D eigenvalue weighted by Gasteiger charge is 2.38. The van der Waals surface area contributed by atoms with Crippen LogP contribution in [-0.2, 0) is 16.1 Å². The first-order valence-electron chi connectivity index (χ1n) is 8.54. The normalized spacial score (nSPS) is 25.0. The van der Waals surface area contributed by atoms with Gasteiger partial charge in [0.1, 0.15) is 11.9 Å². The summed E-state index contributed by atoms with van der Waals surface area (Å²) in [6.45, 7) is 2.64. The first-order chi connectivity index (χ1) is 11.5. The molecule has 2 saturated heterocycles. The van der Waals surface area contributed by atoms with Crippen molar-refractivity contribution in [3.63, 3.8) is 0 Å². The van der Waals surface area contributed by atoms with E-state index < -0.39 is 12.0 Å². The van der Waals surface area contributed by atoms with Gasteiger partial charge in [-0.1, -0.05) is 12.1 Å². The van der Waals surface area contributed by atoms with E-state index in [-0.39, 0.29) is 17.6 Å². The van der Waals surface area contributed by atoms with Crippen molar-refractivity contribution < 1.29 is 19.1 Å². The molecule has 2 heterocycles. The lowest BCUT2D eigenvalue weighted by Gasteiger charge is -2.35. The van der Waals surface area contributed by atoms with E-state index in [0.717, 1.165) is 31.4 Å². The Morgan fingerprint density at radius 2 is 2.00 bits per heavy atom. The van der Waals surface area contributed by atoms with E-state index in [0.29, 0.717) is 26.1 Å². The van der Waals surface area contributed by atoms with Gasteiger partial charge in [-0.15, -0.1) is 0 Å². The number of carboxylic acids is 1. The average molecular weight is 334 g/mol. The van der Waals surface area contributed by atoms with Crippen molar-refractivity contribution in [2.24, 2.45) is 5.92 Å².